The number of ketones is 2. The molecule has 0 saturated carbocycles. The van der Waals surface area contributed by atoms with Gasteiger partial charge in [0.05, 0.1) is 19.1 Å². The smallest absolute Gasteiger partial charge is 0.190 e. The summed E-state index contributed by atoms with van der Waals surface area (Å²) in [7, 11) is 3.98. The van der Waals surface area contributed by atoms with E-state index in [1.54, 1.807) is 0 Å². The number of Topliss-reactive ketones (excluding diaryl/α,β-unsaturated/α-hetero) is 2. The van der Waals surface area contributed by atoms with Crippen molar-refractivity contribution in [3.05, 3.63) is 0 Å². The number of hydrogen-bond acceptors (Lipinski definition) is 4. The van der Waals surface area contributed by atoms with Crippen molar-refractivity contribution in [1.29, 1.82) is 0 Å². The Hall–Kier alpha value is -0.780. The molecule has 0 rings (SSSR count). The number of carbonyl (C=O) groups excluding carboxylic acids is 2. The van der Waals surface area contributed by atoms with Gasteiger partial charge in [-0.1, -0.05) is 168 Å². The van der Waals surface area contributed by atoms with Crippen molar-refractivity contribution in [1.82, 2.24) is 4.90 Å². The molecule has 0 radical (unpaired) electrons. The molecule has 44 heavy (non-hydrogen) atoms. The van der Waals surface area contributed by atoms with E-state index in [0.29, 0.717) is 25.9 Å². The summed E-state index contributed by atoms with van der Waals surface area (Å²) in [6, 6.07) is -0.364. The molecule has 0 aliphatic carbocycles. The molecule has 0 aromatic heterocycles. The van der Waals surface area contributed by atoms with Crippen molar-refractivity contribution in [3.63, 3.8) is 0 Å². The van der Waals surface area contributed by atoms with Gasteiger partial charge in [0.15, 0.2) is 11.8 Å². The molecule has 0 aliphatic heterocycles. The monoisotopic (exact) mass is 624 g/mol. The number of quaternary nitrogens is 1. The standard InChI is InChI=1S/C39H78N2O3/c1-5-7-9-11-13-15-17-19-21-23-25-27-29-31-37(43)36(35-41(3)4)39(40-33-34-42)38(44)32-30-28-26-24-22-20-18-16-14-12-10-8-6-2/h36,39-40,42H,5-35H2,1-4H3/p+1. The van der Waals surface area contributed by atoms with Gasteiger partial charge in [0, 0.05) is 19.4 Å². The number of aliphatic hydroxyl groups excluding tert-OH is 1. The molecule has 2 unspecified atom stereocenters. The molecule has 2 atom stereocenters. The second-order valence-corrected chi connectivity index (χ2v) is 14.1. The normalized spacial score (nSPS) is 13.0. The summed E-state index contributed by atoms with van der Waals surface area (Å²) in [6.45, 7) is 5.66. The van der Waals surface area contributed by atoms with Gasteiger partial charge in [-0.25, -0.2) is 0 Å². The first-order valence-corrected chi connectivity index (χ1v) is 19.6. The van der Waals surface area contributed by atoms with Crippen LogP contribution < -0.4 is 5.32 Å². The lowest BCUT2D eigenvalue weighted by Gasteiger charge is -2.26. The fourth-order valence-electron chi connectivity index (χ4n) is 6.57. The Labute approximate surface area is 275 Å². The number of nitrogens with zero attached hydrogens (tertiary/aromatic N) is 1. The largest absolute Gasteiger partial charge is 0.391 e. The minimum absolute atomic E-state index is 0.0320. The molecule has 0 saturated heterocycles. The van der Waals surface area contributed by atoms with Crippen LogP contribution in [-0.2, 0) is 9.59 Å². The molecule has 0 aromatic rings. The fourth-order valence-corrected chi connectivity index (χ4v) is 6.57. The summed E-state index contributed by atoms with van der Waals surface area (Å²) in [5, 5.41) is 11.4. The van der Waals surface area contributed by atoms with Gasteiger partial charge in [-0.05, 0) is 26.9 Å². The number of nitrogens with two attached hydrogens (primary N) is 1. The van der Waals surface area contributed by atoms with Crippen LogP contribution in [0, 0.1) is 5.92 Å². The van der Waals surface area contributed by atoms with Crippen molar-refractivity contribution in [2.45, 2.75) is 200 Å². The van der Waals surface area contributed by atoms with Gasteiger partial charge in [-0.2, -0.15) is 0 Å². The third-order valence-electron chi connectivity index (χ3n) is 9.38. The van der Waals surface area contributed by atoms with Gasteiger partial charge in [0.25, 0.3) is 0 Å². The van der Waals surface area contributed by atoms with Crippen LogP contribution in [0.1, 0.15) is 194 Å². The Balaban J connectivity index is 4.31. The SMILES string of the molecule is CCCCCCCCCCCCCCCC(=O)C(CN(C)C)C([NH2+]CCO)C(=O)CCCCCCCCCCCCCCC. The maximum Gasteiger partial charge on any atom is 0.190 e. The van der Waals surface area contributed by atoms with Crippen LogP contribution in [0.3, 0.4) is 0 Å². The van der Waals surface area contributed by atoms with Gasteiger partial charge in [-0.3, -0.25) is 9.59 Å². The maximum absolute atomic E-state index is 13.4. The zero-order valence-corrected chi connectivity index (χ0v) is 30.4. The highest BCUT2D eigenvalue weighted by atomic mass is 16.3. The molecule has 0 spiro atoms. The number of rotatable bonds is 36. The van der Waals surface area contributed by atoms with E-state index in [1.165, 1.54) is 141 Å². The van der Waals surface area contributed by atoms with Gasteiger partial charge >= 0.3 is 0 Å². The average Bonchev–Trinajstić information content (AvgIpc) is 3.01. The highest BCUT2D eigenvalue weighted by molar-refractivity contribution is 5.91. The second kappa shape index (κ2) is 33.6. The highest BCUT2D eigenvalue weighted by Gasteiger charge is 2.35. The summed E-state index contributed by atoms with van der Waals surface area (Å²) in [4.78, 5) is 28.8. The Morgan fingerprint density at radius 3 is 1.16 bits per heavy atom. The van der Waals surface area contributed by atoms with Crippen molar-refractivity contribution < 1.29 is 20.0 Å². The third kappa shape index (κ3) is 27.5. The molecule has 3 N–H and O–H groups in total. The summed E-state index contributed by atoms with van der Waals surface area (Å²) in [5.74, 6) is 0.148. The Kier molecular flexibility index (Phi) is 33.0. The fraction of sp³-hybridized carbons (Fsp3) is 0.949. The molecule has 5 heteroatoms. The lowest BCUT2D eigenvalue weighted by Crippen LogP contribution is -2.94. The Morgan fingerprint density at radius 1 is 0.523 bits per heavy atom. The van der Waals surface area contributed by atoms with E-state index in [0.717, 1.165) is 25.7 Å². The lowest BCUT2D eigenvalue weighted by molar-refractivity contribution is -0.681. The summed E-state index contributed by atoms with van der Waals surface area (Å²) >= 11 is 0. The van der Waals surface area contributed by atoms with Crippen LogP contribution >= 0.6 is 0 Å². The predicted octanol–water partition coefficient (Wildman–Crippen LogP) is 9.19. The van der Waals surface area contributed by atoms with Crippen LogP contribution in [0.4, 0.5) is 0 Å². The number of hydrogen-bond donors (Lipinski definition) is 2. The number of unbranched alkanes of at least 4 members (excludes halogenated alkanes) is 24. The summed E-state index contributed by atoms with van der Waals surface area (Å²) in [5.41, 5.74) is 0. The zero-order valence-electron chi connectivity index (χ0n) is 30.4. The summed E-state index contributed by atoms with van der Waals surface area (Å²) in [6.07, 6.45) is 34.8. The molecule has 0 fully saturated rings. The van der Waals surface area contributed by atoms with Crippen LogP contribution in [-0.4, -0.2) is 61.4 Å². The Bertz CT molecular complexity index is 624. The molecule has 0 aliphatic rings. The molecule has 0 heterocycles. The van der Waals surface area contributed by atoms with E-state index in [-0.39, 0.29) is 30.1 Å². The molecule has 0 aromatic carbocycles. The molecular formula is C39H79N2O3+. The van der Waals surface area contributed by atoms with Crippen LogP contribution in [0.25, 0.3) is 0 Å². The Morgan fingerprint density at radius 2 is 0.841 bits per heavy atom. The lowest BCUT2D eigenvalue weighted by atomic mass is 9.87. The minimum Gasteiger partial charge on any atom is -0.391 e. The van der Waals surface area contributed by atoms with E-state index < -0.39 is 0 Å². The topological polar surface area (TPSA) is 74.2 Å². The van der Waals surface area contributed by atoms with Crippen LogP contribution in [0.2, 0.25) is 0 Å². The van der Waals surface area contributed by atoms with Gasteiger partial charge in [0.2, 0.25) is 0 Å². The molecule has 5 nitrogen and oxygen atoms in total. The first-order valence-electron chi connectivity index (χ1n) is 19.6. The second-order valence-electron chi connectivity index (χ2n) is 14.1. The molecule has 0 amide bonds. The van der Waals surface area contributed by atoms with E-state index in [4.69, 9.17) is 0 Å². The minimum atomic E-state index is -0.364. The zero-order chi connectivity index (χ0) is 32.5. The average molecular weight is 624 g/mol. The molecular weight excluding hydrogens is 544 g/mol. The van der Waals surface area contributed by atoms with E-state index >= 15 is 0 Å². The first kappa shape index (κ1) is 43.2. The first-order chi connectivity index (χ1) is 21.5. The van der Waals surface area contributed by atoms with E-state index in [1.807, 2.05) is 24.3 Å². The quantitative estimate of drug-likeness (QED) is 0.0683. The van der Waals surface area contributed by atoms with Crippen molar-refractivity contribution >= 4 is 11.6 Å². The van der Waals surface area contributed by atoms with Crippen molar-refractivity contribution in [3.8, 4) is 0 Å². The van der Waals surface area contributed by atoms with Gasteiger partial charge in [-0.15, -0.1) is 0 Å². The van der Waals surface area contributed by atoms with Crippen LogP contribution in [0.5, 0.6) is 0 Å². The van der Waals surface area contributed by atoms with Gasteiger partial charge < -0.3 is 15.3 Å². The van der Waals surface area contributed by atoms with Crippen molar-refractivity contribution in [2.75, 3.05) is 33.8 Å². The predicted molar refractivity (Wildman–Crippen MR) is 190 cm³/mol. The third-order valence-corrected chi connectivity index (χ3v) is 9.38. The van der Waals surface area contributed by atoms with E-state index in [2.05, 4.69) is 13.8 Å². The number of aliphatic hydroxyl groups is 1. The van der Waals surface area contributed by atoms with E-state index in [9.17, 15) is 14.7 Å². The maximum atomic E-state index is 13.4. The van der Waals surface area contributed by atoms with Gasteiger partial charge in [0.1, 0.15) is 5.78 Å². The molecule has 0 bridgehead atoms. The highest BCUT2D eigenvalue weighted by Crippen LogP contribution is 2.17. The summed E-state index contributed by atoms with van der Waals surface area (Å²) < 4.78 is 0. The number of carbonyl (C=O) groups is 2. The van der Waals surface area contributed by atoms with Crippen molar-refractivity contribution in [2.24, 2.45) is 5.92 Å². The molecule has 262 valence electrons. The van der Waals surface area contributed by atoms with Crippen LogP contribution in [0.15, 0.2) is 0 Å².